The number of urea groups is 1. The molecule has 0 saturated carbocycles. The zero-order chi connectivity index (χ0) is 12.7. The fraction of sp³-hybridized carbons (Fsp3) is 0.300. The Morgan fingerprint density at radius 3 is 2.76 bits per heavy atom. The number of rotatable bonds is 4. The number of alkyl halides is 1. The minimum atomic E-state index is -0.591. The van der Waals surface area contributed by atoms with Gasteiger partial charge in [0.05, 0.1) is 7.11 Å². The first-order valence-corrected chi connectivity index (χ1v) is 5.31. The molecule has 0 atom stereocenters. The van der Waals surface area contributed by atoms with E-state index in [1.54, 1.807) is 18.3 Å². The van der Waals surface area contributed by atoms with E-state index < -0.39 is 11.9 Å². The first-order chi connectivity index (χ1) is 8.15. The number of pyridine rings is 1. The van der Waals surface area contributed by atoms with E-state index in [0.717, 1.165) is 5.56 Å². The number of amides is 3. The molecule has 0 aliphatic carbocycles. The van der Waals surface area contributed by atoms with Crippen LogP contribution < -0.4 is 15.4 Å². The first-order valence-electron chi connectivity index (χ1n) is 4.78. The van der Waals surface area contributed by atoms with E-state index in [0.29, 0.717) is 5.88 Å². The molecule has 1 aromatic rings. The number of hydrogen-bond donors (Lipinski definition) is 2. The normalized spacial score (nSPS) is 9.53. The maximum absolute atomic E-state index is 11.2. The van der Waals surface area contributed by atoms with Crippen molar-refractivity contribution in [3.8, 4) is 5.88 Å². The van der Waals surface area contributed by atoms with Crippen LogP contribution in [-0.2, 0) is 11.3 Å². The summed E-state index contributed by atoms with van der Waals surface area (Å²) >= 11 is 5.23. The zero-order valence-electron chi connectivity index (χ0n) is 9.20. The number of halogens is 1. The Kier molecular flexibility index (Phi) is 5.22. The molecule has 1 heterocycles. The zero-order valence-corrected chi connectivity index (χ0v) is 9.95. The largest absolute Gasteiger partial charge is 0.481 e. The molecule has 7 heteroatoms. The molecule has 1 rings (SSSR count). The Morgan fingerprint density at radius 1 is 1.47 bits per heavy atom. The smallest absolute Gasteiger partial charge is 0.321 e. The maximum Gasteiger partial charge on any atom is 0.321 e. The van der Waals surface area contributed by atoms with Gasteiger partial charge in [0.25, 0.3) is 0 Å². The molecule has 0 bridgehead atoms. The third kappa shape index (κ3) is 4.69. The summed E-state index contributed by atoms with van der Waals surface area (Å²) in [4.78, 5) is 25.9. The highest BCUT2D eigenvalue weighted by Crippen LogP contribution is 2.05. The van der Waals surface area contributed by atoms with Gasteiger partial charge in [0, 0.05) is 18.8 Å². The summed E-state index contributed by atoms with van der Waals surface area (Å²) in [6.07, 6.45) is 1.57. The van der Waals surface area contributed by atoms with E-state index in [2.05, 4.69) is 15.6 Å². The summed E-state index contributed by atoms with van der Waals surface area (Å²) in [6, 6.07) is 2.85. The second-order valence-electron chi connectivity index (χ2n) is 3.07. The number of imide groups is 1. The van der Waals surface area contributed by atoms with Crippen LogP contribution in [-0.4, -0.2) is 29.9 Å². The highest BCUT2D eigenvalue weighted by Gasteiger charge is 2.05. The number of hydrogen-bond acceptors (Lipinski definition) is 4. The standard InChI is InChI=1S/C10H12ClN3O3/c1-17-9-3-2-7(5-12-9)6-13-10(16)14-8(15)4-11/h2-3,5H,4,6H2,1H3,(H2,13,14,15,16). The predicted octanol–water partition coefficient (Wildman–Crippen LogP) is 0.655. The van der Waals surface area contributed by atoms with Crippen molar-refractivity contribution in [2.75, 3.05) is 13.0 Å². The molecule has 2 N–H and O–H groups in total. The Bertz CT molecular complexity index is 394. The Morgan fingerprint density at radius 2 is 2.24 bits per heavy atom. The second-order valence-corrected chi connectivity index (χ2v) is 3.34. The highest BCUT2D eigenvalue weighted by atomic mass is 35.5. The number of aromatic nitrogens is 1. The summed E-state index contributed by atoms with van der Waals surface area (Å²) in [5, 5.41) is 4.55. The lowest BCUT2D eigenvalue weighted by Gasteiger charge is -2.05. The van der Waals surface area contributed by atoms with Gasteiger partial charge in [-0.2, -0.15) is 0 Å². The van der Waals surface area contributed by atoms with Crippen LogP contribution in [0.3, 0.4) is 0 Å². The lowest BCUT2D eigenvalue weighted by molar-refractivity contribution is -0.117. The molecule has 1 aromatic heterocycles. The van der Waals surface area contributed by atoms with Crippen molar-refractivity contribution in [1.82, 2.24) is 15.6 Å². The van der Waals surface area contributed by atoms with Gasteiger partial charge in [0.2, 0.25) is 11.8 Å². The third-order valence-electron chi connectivity index (χ3n) is 1.83. The Labute approximate surface area is 103 Å². The Balaban J connectivity index is 2.39. The topological polar surface area (TPSA) is 80.3 Å². The number of ether oxygens (including phenoxy) is 1. The lowest BCUT2D eigenvalue weighted by Crippen LogP contribution is -2.39. The van der Waals surface area contributed by atoms with Gasteiger partial charge in [-0.25, -0.2) is 9.78 Å². The molecule has 0 radical (unpaired) electrons. The fourth-order valence-corrected chi connectivity index (χ4v) is 1.09. The van der Waals surface area contributed by atoms with Gasteiger partial charge in [-0.1, -0.05) is 6.07 Å². The minimum Gasteiger partial charge on any atom is -0.481 e. The Hall–Kier alpha value is -1.82. The van der Waals surface area contributed by atoms with E-state index in [1.807, 2.05) is 0 Å². The van der Waals surface area contributed by atoms with Crippen LogP contribution >= 0.6 is 11.6 Å². The molecule has 92 valence electrons. The molecule has 0 aromatic carbocycles. The lowest BCUT2D eigenvalue weighted by atomic mass is 10.3. The van der Waals surface area contributed by atoms with Crippen LogP contribution in [0.5, 0.6) is 5.88 Å². The summed E-state index contributed by atoms with van der Waals surface area (Å²) in [5.41, 5.74) is 0.791. The van der Waals surface area contributed by atoms with Crippen LogP contribution in [0.15, 0.2) is 18.3 Å². The summed E-state index contributed by atoms with van der Waals surface area (Å²) in [7, 11) is 1.52. The molecule has 0 aliphatic heterocycles. The van der Waals surface area contributed by atoms with E-state index in [1.165, 1.54) is 7.11 Å². The molecular weight excluding hydrogens is 246 g/mol. The molecule has 0 spiro atoms. The van der Waals surface area contributed by atoms with Gasteiger partial charge in [-0.05, 0) is 5.56 Å². The molecule has 0 unspecified atom stereocenters. The van der Waals surface area contributed by atoms with E-state index in [9.17, 15) is 9.59 Å². The van der Waals surface area contributed by atoms with Gasteiger partial charge >= 0.3 is 6.03 Å². The van der Waals surface area contributed by atoms with Crippen LogP contribution in [0, 0.1) is 0 Å². The average Bonchev–Trinajstić information content (AvgIpc) is 2.36. The summed E-state index contributed by atoms with van der Waals surface area (Å²) in [5.74, 6) is -0.301. The summed E-state index contributed by atoms with van der Waals surface area (Å²) < 4.78 is 4.89. The van der Waals surface area contributed by atoms with Crippen molar-refractivity contribution in [1.29, 1.82) is 0 Å². The molecule has 17 heavy (non-hydrogen) atoms. The number of carbonyl (C=O) groups is 2. The molecule has 6 nitrogen and oxygen atoms in total. The maximum atomic E-state index is 11.2. The highest BCUT2D eigenvalue weighted by molar-refractivity contribution is 6.28. The molecule has 0 saturated heterocycles. The van der Waals surface area contributed by atoms with Crippen LogP contribution in [0.4, 0.5) is 4.79 Å². The molecule has 0 fully saturated rings. The molecule has 3 amide bonds. The fourth-order valence-electron chi connectivity index (χ4n) is 1.02. The summed E-state index contributed by atoms with van der Waals surface area (Å²) in [6.45, 7) is 0.262. The van der Waals surface area contributed by atoms with Crippen molar-refractivity contribution in [3.05, 3.63) is 23.9 Å². The van der Waals surface area contributed by atoms with Crippen molar-refractivity contribution in [3.63, 3.8) is 0 Å². The molecular formula is C10H12ClN3O3. The van der Waals surface area contributed by atoms with Crippen LogP contribution in [0.2, 0.25) is 0 Å². The quantitative estimate of drug-likeness (QED) is 0.777. The van der Waals surface area contributed by atoms with Crippen molar-refractivity contribution >= 4 is 23.5 Å². The van der Waals surface area contributed by atoms with Gasteiger partial charge < -0.3 is 10.1 Å². The van der Waals surface area contributed by atoms with Crippen LogP contribution in [0.25, 0.3) is 0 Å². The van der Waals surface area contributed by atoms with Crippen molar-refractivity contribution < 1.29 is 14.3 Å². The third-order valence-corrected chi connectivity index (χ3v) is 2.08. The van der Waals surface area contributed by atoms with E-state index >= 15 is 0 Å². The number of nitrogens with one attached hydrogen (secondary N) is 2. The second kappa shape index (κ2) is 6.70. The SMILES string of the molecule is COc1ccc(CNC(=O)NC(=O)CCl)cn1. The van der Waals surface area contributed by atoms with Crippen LogP contribution in [0.1, 0.15) is 5.56 Å². The first kappa shape index (κ1) is 13.2. The number of carbonyl (C=O) groups excluding carboxylic acids is 2. The van der Waals surface area contributed by atoms with Gasteiger partial charge in [-0.3, -0.25) is 10.1 Å². The monoisotopic (exact) mass is 257 g/mol. The van der Waals surface area contributed by atoms with Gasteiger partial charge in [-0.15, -0.1) is 11.6 Å². The predicted molar refractivity (Wildman–Crippen MR) is 61.9 cm³/mol. The van der Waals surface area contributed by atoms with Crippen molar-refractivity contribution in [2.45, 2.75) is 6.54 Å². The van der Waals surface area contributed by atoms with Crippen molar-refractivity contribution in [2.24, 2.45) is 0 Å². The number of methoxy groups -OCH3 is 1. The van der Waals surface area contributed by atoms with Gasteiger partial charge in [0.15, 0.2) is 0 Å². The minimum absolute atomic E-state index is 0.252. The van der Waals surface area contributed by atoms with E-state index in [-0.39, 0.29) is 12.4 Å². The average molecular weight is 258 g/mol. The van der Waals surface area contributed by atoms with E-state index in [4.69, 9.17) is 16.3 Å². The van der Waals surface area contributed by atoms with Gasteiger partial charge in [0.1, 0.15) is 5.88 Å². The number of nitrogens with zero attached hydrogens (tertiary/aromatic N) is 1. The molecule has 0 aliphatic rings.